The Balaban J connectivity index is 1.95. The maximum atomic E-state index is 10.7. The van der Waals surface area contributed by atoms with E-state index in [-0.39, 0.29) is 5.41 Å². The predicted octanol–water partition coefficient (Wildman–Crippen LogP) is 2.27. The Morgan fingerprint density at radius 1 is 1.33 bits per heavy atom. The minimum atomic E-state index is -0.472. The Morgan fingerprint density at radius 3 is 2.53 bits per heavy atom. The highest BCUT2D eigenvalue weighted by Crippen LogP contribution is 2.39. The van der Waals surface area contributed by atoms with Gasteiger partial charge in [-0.15, -0.1) is 0 Å². The lowest BCUT2D eigenvalue weighted by Crippen LogP contribution is -2.55. The average Bonchev–Trinajstić information content (AvgIpc) is 2.86. The zero-order chi connectivity index (χ0) is 11.1. The van der Waals surface area contributed by atoms with Crippen LogP contribution in [0.25, 0.3) is 0 Å². The van der Waals surface area contributed by atoms with Gasteiger partial charge >= 0.3 is 0 Å². The van der Waals surface area contributed by atoms with E-state index in [0.29, 0.717) is 0 Å². The third-order valence-corrected chi connectivity index (χ3v) is 4.16. The van der Waals surface area contributed by atoms with Crippen molar-refractivity contribution in [3.63, 3.8) is 0 Å². The molecule has 1 atom stereocenters. The Hall–Kier alpha value is -0.0800. The fraction of sp³-hybridized carbons (Fsp3) is 1.00. The monoisotopic (exact) mass is 211 g/mol. The van der Waals surface area contributed by atoms with Gasteiger partial charge in [-0.05, 0) is 43.6 Å². The number of β-amino-alcohol motifs (C(OH)–C–C–N with tert-alkyl or cyclic N) is 1. The van der Waals surface area contributed by atoms with Gasteiger partial charge in [-0.25, -0.2) is 0 Å². The maximum absolute atomic E-state index is 10.7. The molecule has 0 radical (unpaired) electrons. The van der Waals surface area contributed by atoms with Crippen molar-refractivity contribution >= 4 is 0 Å². The third-order valence-electron chi connectivity index (χ3n) is 4.16. The predicted molar refractivity (Wildman–Crippen MR) is 62.8 cm³/mol. The molecule has 1 aliphatic carbocycles. The summed E-state index contributed by atoms with van der Waals surface area (Å²) in [6.07, 6.45) is 4.94. The molecule has 2 heteroatoms. The highest BCUT2D eigenvalue weighted by atomic mass is 16.3. The van der Waals surface area contributed by atoms with Gasteiger partial charge in [-0.2, -0.15) is 0 Å². The second-order valence-corrected chi connectivity index (χ2v) is 6.56. The molecule has 0 spiro atoms. The summed E-state index contributed by atoms with van der Waals surface area (Å²) in [7, 11) is 0. The number of piperidine rings is 1. The van der Waals surface area contributed by atoms with Crippen molar-refractivity contribution in [2.75, 3.05) is 19.6 Å². The highest BCUT2D eigenvalue weighted by molar-refractivity contribution is 4.96. The van der Waals surface area contributed by atoms with Gasteiger partial charge in [0, 0.05) is 13.1 Å². The zero-order valence-electron chi connectivity index (χ0n) is 10.4. The molecule has 1 aliphatic heterocycles. The van der Waals surface area contributed by atoms with E-state index in [0.717, 1.165) is 25.3 Å². The number of rotatable bonds is 2. The molecular formula is C13H25NO. The van der Waals surface area contributed by atoms with E-state index >= 15 is 0 Å². The minimum absolute atomic E-state index is 0.00915. The smallest absolute Gasteiger partial charge is 0.0822 e. The van der Waals surface area contributed by atoms with E-state index in [1.165, 1.54) is 25.9 Å². The van der Waals surface area contributed by atoms with Gasteiger partial charge in [0.05, 0.1) is 5.60 Å². The Labute approximate surface area is 93.7 Å². The molecule has 0 bridgehead atoms. The van der Waals surface area contributed by atoms with E-state index in [2.05, 4.69) is 25.7 Å². The Morgan fingerprint density at radius 2 is 2.00 bits per heavy atom. The molecule has 0 amide bonds. The molecule has 88 valence electrons. The van der Waals surface area contributed by atoms with Gasteiger partial charge in [0.25, 0.3) is 0 Å². The second-order valence-electron chi connectivity index (χ2n) is 6.56. The van der Waals surface area contributed by atoms with E-state index in [1.54, 1.807) is 0 Å². The number of hydrogen-bond donors (Lipinski definition) is 1. The van der Waals surface area contributed by atoms with Crippen LogP contribution >= 0.6 is 0 Å². The van der Waals surface area contributed by atoms with E-state index in [9.17, 15) is 5.11 Å². The quantitative estimate of drug-likeness (QED) is 0.757. The third kappa shape index (κ3) is 2.54. The van der Waals surface area contributed by atoms with Crippen LogP contribution in [0.5, 0.6) is 0 Å². The largest absolute Gasteiger partial charge is 0.388 e. The first-order chi connectivity index (χ1) is 6.91. The summed E-state index contributed by atoms with van der Waals surface area (Å²) < 4.78 is 0. The lowest BCUT2D eigenvalue weighted by atomic mass is 9.72. The van der Waals surface area contributed by atoms with Crippen molar-refractivity contribution in [3.05, 3.63) is 0 Å². The van der Waals surface area contributed by atoms with E-state index < -0.39 is 5.60 Å². The van der Waals surface area contributed by atoms with E-state index in [1.807, 2.05) is 0 Å². The fourth-order valence-electron chi connectivity index (χ4n) is 2.56. The lowest BCUT2D eigenvalue weighted by molar-refractivity contribution is -0.106. The first kappa shape index (κ1) is 11.4. The van der Waals surface area contributed by atoms with Crippen LogP contribution in [0.4, 0.5) is 0 Å². The van der Waals surface area contributed by atoms with Crippen LogP contribution in [0, 0.1) is 11.3 Å². The lowest BCUT2D eigenvalue weighted by Gasteiger charge is -2.47. The average molecular weight is 211 g/mol. The molecule has 1 saturated carbocycles. The summed E-state index contributed by atoms with van der Waals surface area (Å²) >= 11 is 0. The number of nitrogens with zero attached hydrogens (tertiary/aromatic N) is 1. The summed E-state index contributed by atoms with van der Waals surface area (Å²) in [4.78, 5) is 2.48. The van der Waals surface area contributed by atoms with Crippen molar-refractivity contribution < 1.29 is 5.11 Å². The van der Waals surface area contributed by atoms with Crippen molar-refractivity contribution in [3.8, 4) is 0 Å². The maximum Gasteiger partial charge on any atom is 0.0822 e. The van der Waals surface area contributed by atoms with Crippen molar-refractivity contribution in [2.45, 2.75) is 52.1 Å². The number of aliphatic hydroxyl groups is 1. The van der Waals surface area contributed by atoms with Gasteiger partial charge in [0.1, 0.15) is 0 Å². The van der Waals surface area contributed by atoms with Gasteiger partial charge < -0.3 is 10.0 Å². The molecule has 0 aromatic carbocycles. The van der Waals surface area contributed by atoms with Gasteiger partial charge in [-0.1, -0.05) is 20.8 Å². The molecule has 15 heavy (non-hydrogen) atoms. The molecule has 2 rings (SSSR count). The molecule has 1 unspecified atom stereocenters. The van der Waals surface area contributed by atoms with Crippen molar-refractivity contribution in [2.24, 2.45) is 11.3 Å². The molecule has 1 saturated heterocycles. The van der Waals surface area contributed by atoms with Crippen molar-refractivity contribution in [1.29, 1.82) is 0 Å². The summed E-state index contributed by atoms with van der Waals surface area (Å²) in [6.45, 7) is 9.77. The Bertz CT molecular complexity index is 229. The molecule has 2 nitrogen and oxygen atoms in total. The van der Waals surface area contributed by atoms with Crippen LogP contribution in [0.1, 0.15) is 46.5 Å². The van der Waals surface area contributed by atoms with Gasteiger partial charge in [-0.3, -0.25) is 0 Å². The summed E-state index contributed by atoms with van der Waals surface area (Å²) in [5.74, 6) is 0.937. The molecule has 2 fully saturated rings. The van der Waals surface area contributed by atoms with Crippen LogP contribution < -0.4 is 0 Å². The van der Waals surface area contributed by atoms with Crippen LogP contribution in [0.2, 0.25) is 0 Å². The van der Waals surface area contributed by atoms with Crippen LogP contribution in [-0.2, 0) is 0 Å². The SMILES string of the molecule is CC(C)(C)C1(O)CCCN(CC2CC2)C1. The fourth-order valence-corrected chi connectivity index (χ4v) is 2.56. The molecule has 1 heterocycles. The second kappa shape index (κ2) is 3.74. The van der Waals surface area contributed by atoms with Crippen LogP contribution in [0.3, 0.4) is 0 Å². The molecule has 0 aromatic heterocycles. The molecule has 1 N–H and O–H groups in total. The highest BCUT2D eigenvalue weighted by Gasteiger charge is 2.43. The van der Waals surface area contributed by atoms with Crippen molar-refractivity contribution in [1.82, 2.24) is 4.90 Å². The normalized spacial score (nSPS) is 34.4. The summed E-state index contributed by atoms with van der Waals surface area (Å²) in [6, 6.07) is 0. The zero-order valence-corrected chi connectivity index (χ0v) is 10.4. The van der Waals surface area contributed by atoms with Crippen LogP contribution in [0.15, 0.2) is 0 Å². The minimum Gasteiger partial charge on any atom is -0.388 e. The molecule has 2 aliphatic rings. The first-order valence-electron chi connectivity index (χ1n) is 6.35. The number of likely N-dealkylation sites (tertiary alicyclic amines) is 1. The summed E-state index contributed by atoms with van der Waals surface area (Å²) in [5.41, 5.74) is -0.463. The number of hydrogen-bond acceptors (Lipinski definition) is 2. The van der Waals surface area contributed by atoms with Gasteiger partial charge in [0.2, 0.25) is 0 Å². The Kier molecular flexibility index (Phi) is 2.85. The van der Waals surface area contributed by atoms with Gasteiger partial charge in [0.15, 0.2) is 0 Å². The topological polar surface area (TPSA) is 23.5 Å². The standard InChI is InChI=1S/C13H25NO/c1-12(2,3)13(15)7-4-8-14(10-13)9-11-5-6-11/h11,15H,4-10H2,1-3H3. The van der Waals surface area contributed by atoms with E-state index in [4.69, 9.17) is 0 Å². The first-order valence-corrected chi connectivity index (χ1v) is 6.35. The molecular weight excluding hydrogens is 186 g/mol. The molecule has 0 aromatic rings. The summed E-state index contributed by atoms with van der Waals surface area (Å²) in [5, 5.41) is 10.7. The van der Waals surface area contributed by atoms with Crippen LogP contribution in [-0.4, -0.2) is 35.2 Å².